The van der Waals surface area contributed by atoms with Gasteiger partial charge in [-0.3, -0.25) is 14.6 Å². The predicted octanol–water partition coefficient (Wildman–Crippen LogP) is 3.31. The number of thiazole rings is 1. The van der Waals surface area contributed by atoms with Crippen LogP contribution in [-0.2, 0) is 6.54 Å². The van der Waals surface area contributed by atoms with Crippen LogP contribution in [0.3, 0.4) is 0 Å². The fraction of sp³-hybridized carbons (Fsp3) is 0.684. The summed E-state index contributed by atoms with van der Waals surface area (Å²) in [5.41, 5.74) is 2.40. The zero-order valence-corrected chi connectivity index (χ0v) is 15.8. The first-order valence-electron chi connectivity index (χ1n) is 9.77. The highest BCUT2D eigenvalue weighted by Crippen LogP contribution is 2.45. The molecule has 3 aliphatic rings. The van der Waals surface area contributed by atoms with Gasteiger partial charge in [-0.15, -0.1) is 11.3 Å². The number of aliphatic hydroxyl groups excluding tert-OH is 1. The molecule has 1 atom stereocenters. The minimum absolute atomic E-state index is 0.236. The van der Waals surface area contributed by atoms with Crippen molar-refractivity contribution in [2.45, 2.75) is 69.2 Å². The SMILES string of the molecule is OC1CC2(CCN(Cc3cncs3)CC2)Oc2cn(C3CCCC3)nc21. The van der Waals surface area contributed by atoms with Crippen LogP contribution in [0.25, 0.3) is 0 Å². The third kappa shape index (κ3) is 3.06. The molecule has 7 heteroatoms. The van der Waals surface area contributed by atoms with E-state index in [1.807, 2.05) is 17.9 Å². The van der Waals surface area contributed by atoms with Crippen LogP contribution in [0.2, 0.25) is 0 Å². The number of nitrogens with zero attached hydrogens (tertiary/aromatic N) is 4. The van der Waals surface area contributed by atoms with Gasteiger partial charge in [-0.1, -0.05) is 12.8 Å². The molecular weight excluding hydrogens is 348 g/mol. The van der Waals surface area contributed by atoms with Crippen LogP contribution in [0.1, 0.15) is 67.7 Å². The van der Waals surface area contributed by atoms with E-state index in [0.29, 0.717) is 12.5 Å². The Morgan fingerprint density at radius 2 is 2.08 bits per heavy atom. The molecule has 2 aliphatic heterocycles. The molecule has 6 nitrogen and oxygen atoms in total. The Hall–Kier alpha value is -1.44. The zero-order valence-electron chi connectivity index (χ0n) is 15.0. The minimum Gasteiger partial charge on any atom is -0.483 e. The van der Waals surface area contributed by atoms with E-state index in [1.54, 1.807) is 11.3 Å². The van der Waals surface area contributed by atoms with E-state index in [0.717, 1.165) is 43.9 Å². The molecule has 5 rings (SSSR count). The lowest BCUT2D eigenvalue weighted by molar-refractivity contribution is -0.0558. The van der Waals surface area contributed by atoms with E-state index < -0.39 is 6.10 Å². The molecule has 140 valence electrons. The molecule has 0 amide bonds. The van der Waals surface area contributed by atoms with Gasteiger partial charge in [-0.25, -0.2) is 0 Å². The molecule has 2 fully saturated rings. The Morgan fingerprint density at radius 1 is 1.27 bits per heavy atom. The molecule has 4 heterocycles. The molecule has 0 radical (unpaired) electrons. The maximum absolute atomic E-state index is 10.7. The van der Waals surface area contributed by atoms with E-state index in [-0.39, 0.29) is 5.60 Å². The van der Waals surface area contributed by atoms with Crippen LogP contribution in [-0.4, -0.2) is 43.5 Å². The van der Waals surface area contributed by atoms with E-state index in [2.05, 4.69) is 19.7 Å². The van der Waals surface area contributed by atoms with Gasteiger partial charge in [0.05, 0.1) is 17.7 Å². The largest absolute Gasteiger partial charge is 0.483 e. The summed E-state index contributed by atoms with van der Waals surface area (Å²) in [5, 5.41) is 15.4. The van der Waals surface area contributed by atoms with Gasteiger partial charge in [0, 0.05) is 37.1 Å². The van der Waals surface area contributed by atoms with Crippen molar-refractivity contribution in [3.8, 4) is 5.75 Å². The molecular formula is C19H26N4O2S. The lowest BCUT2D eigenvalue weighted by Gasteiger charge is -2.44. The summed E-state index contributed by atoms with van der Waals surface area (Å²) in [7, 11) is 0. The van der Waals surface area contributed by atoms with Gasteiger partial charge < -0.3 is 9.84 Å². The second kappa shape index (κ2) is 6.62. The molecule has 0 bridgehead atoms. The summed E-state index contributed by atoms with van der Waals surface area (Å²) >= 11 is 1.71. The summed E-state index contributed by atoms with van der Waals surface area (Å²) in [5.74, 6) is 0.812. The summed E-state index contributed by atoms with van der Waals surface area (Å²) in [6.45, 7) is 2.96. The third-order valence-electron chi connectivity index (χ3n) is 6.26. The van der Waals surface area contributed by atoms with Crippen molar-refractivity contribution >= 4 is 11.3 Å². The topological polar surface area (TPSA) is 63.4 Å². The second-order valence-corrected chi connectivity index (χ2v) is 9.02. The smallest absolute Gasteiger partial charge is 0.163 e. The Morgan fingerprint density at radius 3 is 2.81 bits per heavy atom. The summed E-state index contributed by atoms with van der Waals surface area (Å²) < 4.78 is 8.53. The number of aliphatic hydroxyl groups is 1. The van der Waals surface area contributed by atoms with Gasteiger partial charge in [-0.05, 0) is 25.7 Å². The van der Waals surface area contributed by atoms with Crippen LogP contribution in [0.4, 0.5) is 0 Å². The monoisotopic (exact) mass is 374 g/mol. The molecule has 2 aromatic heterocycles. The summed E-state index contributed by atoms with van der Waals surface area (Å²) in [6, 6.07) is 0.480. The first-order valence-corrected chi connectivity index (χ1v) is 10.6. The van der Waals surface area contributed by atoms with Gasteiger partial charge in [0.1, 0.15) is 17.4 Å². The molecule has 1 saturated carbocycles. The van der Waals surface area contributed by atoms with Gasteiger partial charge in [-0.2, -0.15) is 5.10 Å². The molecule has 0 aromatic carbocycles. The Labute approximate surface area is 157 Å². The number of aromatic nitrogens is 3. The summed E-state index contributed by atoms with van der Waals surface area (Å²) in [4.78, 5) is 7.94. The van der Waals surface area contributed by atoms with Crippen LogP contribution in [0.5, 0.6) is 5.75 Å². The van der Waals surface area contributed by atoms with E-state index >= 15 is 0 Å². The molecule has 2 aromatic rings. The highest BCUT2D eigenvalue weighted by atomic mass is 32.1. The third-order valence-corrected chi connectivity index (χ3v) is 7.03. The number of hydrogen-bond acceptors (Lipinski definition) is 6. The lowest BCUT2D eigenvalue weighted by Crippen LogP contribution is -2.50. The van der Waals surface area contributed by atoms with Crippen molar-refractivity contribution in [3.63, 3.8) is 0 Å². The number of likely N-dealkylation sites (tertiary alicyclic amines) is 1. The molecule has 26 heavy (non-hydrogen) atoms. The minimum atomic E-state index is -0.505. The predicted molar refractivity (Wildman–Crippen MR) is 99.3 cm³/mol. The van der Waals surface area contributed by atoms with Crippen molar-refractivity contribution in [2.75, 3.05) is 13.1 Å². The van der Waals surface area contributed by atoms with E-state index in [4.69, 9.17) is 4.74 Å². The number of piperidine rings is 1. The highest BCUT2D eigenvalue weighted by Gasteiger charge is 2.44. The molecule has 1 spiro atoms. The van der Waals surface area contributed by atoms with Gasteiger partial charge in [0.2, 0.25) is 0 Å². The molecule has 1 aliphatic carbocycles. The van der Waals surface area contributed by atoms with Crippen LogP contribution in [0.15, 0.2) is 17.9 Å². The maximum Gasteiger partial charge on any atom is 0.163 e. The van der Waals surface area contributed by atoms with Crippen LogP contribution in [0, 0.1) is 0 Å². The van der Waals surface area contributed by atoms with Crippen molar-refractivity contribution in [3.05, 3.63) is 28.5 Å². The molecule has 1 unspecified atom stereocenters. The summed E-state index contributed by atoms with van der Waals surface area (Å²) in [6.07, 6.45) is 11.0. The molecule has 1 N–H and O–H groups in total. The van der Waals surface area contributed by atoms with E-state index in [9.17, 15) is 5.11 Å². The van der Waals surface area contributed by atoms with Crippen molar-refractivity contribution in [1.82, 2.24) is 19.7 Å². The van der Waals surface area contributed by atoms with Gasteiger partial charge in [0.15, 0.2) is 5.75 Å². The van der Waals surface area contributed by atoms with Crippen molar-refractivity contribution in [2.24, 2.45) is 0 Å². The first-order chi connectivity index (χ1) is 12.7. The average Bonchev–Trinajstić information content (AvgIpc) is 3.38. The number of hydrogen-bond donors (Lipinski definition) is 1. The number of fused-ring (bicyclic) bond motifs is 1. The Bertz CT molecular complexity index is 746. The van der Waals surface area contributed by atoms with Gasteiger partial charge >= 0.3 is 0 Å². The van der Waals surface area contributed by atoms with Crippen molar-refractivity contribution < 1.29 is 9.84 Å². The Balaban J connectivity index is 1.28. The zero-order chi connectivity index (χ0) is 17.6. The van der Waals surface area contributed by atoms with Crippen molar-refractivity contribution in [1.29, 1.82) is 0 Å². The quantitative estimate of drug-likeness (QED) is 0.893. The van der Waals surface area contributed by atoms with E-state index in [1.165, 1.54) is 30.6 Å². The second-order valence-electron chi connectivity index (χ2n) is 8.05. The van der Waals surface area contributed by atoms with Crippen LogP contribution < -0.4 is 4.74 Å². The molecule has 1 saturated heterocycles. The average molecular weight is 375 g/mol. The lowest BCUT2D eigenvalue weighted by atomic mass is 9.83. The fourth-order valence-corrected chi connectivity index (χ4v) is 5.38. The number of rotatable bonds is 3. The maximum atomic E-state index is 10.7. The highest BCUT2D eigenvalue weighted by molar-refractivity contribution is 7.09. The standard InChI is InChI=1S/C19H26N4O2S/c24-16-9-19(5-7-22(8-6-19)11-15-10-20-13-26-15)25-17-12-23(21-18(16)17)14-3-1-2-4-14/h10,12-14,16,24H,1-9,11H2. The fourth-order valence-electron chi connectivity index (χ4n) is 4.74. The van der Waals surface area contributed by atoms with Gasteiger partial charge in [0.25, 0.3) is 0 Å². The normalized spacial score (nSPS) is 26.1. The number of ether oxygens (including phenoxy) is 1. The Kier molecular flexibility index (Phi) is 4.26. The van der Waals surface area contributed by atoms with Crippen LogP contribution >= 0.6 is 11.3 Å². The first kappa shape index (κ1) is 16.7.